The van der Waals surface area contributed by atoms with Crippen molar-refractivity contribution in [1.29, 1.82) is 0 Å². The monoisotopic (exact) mass is 467 g/mol. The zero-order valence-corrected chi connectivity index (χ0v) is 19.2. The molecule has 1 aliphatic rings. The van der Waals surface area contributed by atoms with E-state index in [9.17, 15) is 14.4 Å². The highest BCUT2D eigenvalue weighted by Crippen LogP contribution is 2.19. The van der Waals surface area contributed by atoms with Crippen molar-refractivity contribution in [2.75, 3.05) is 43.4 Å². The molecule has 0 bridgehead atoms. The fraction of sp³-hybridized carbons (Fsp3) is 0.292. The van der Waals surface area contributed by atoms with Crippen LogP contribution in [0.3, 0.4) is 0 Å². The van der Waals surface area contributed by atoms with Crippen LogP contribution < -0.4 is 21.9 Å². The van der Waals surface area contributed by atoms with E-state index in [1.807, 2.05) is 59.5 Å². The first-order valence-corrected chi connectivity index (χ1v) is 11.1. The van der Waals surface area contributed by atoms with E-state index in [2.05, 4.69) is 4.90 Å². The number of nitrogen functional groups attached to an aromatic ring is 1. The normalized spacial score (nSPS) is 14.4. The summed E-state index contributed by atoms with van der Waals surface area (Å²) in [4.78, 5) is 42.8. The van der Waals surface area contributed by atoms with Crippen LogP contribution in [0.2, 0.25) is 5.02 Å². The minimum atomic E-state index is -0.661. The number of rotatable bonds is 6. The van der Waals surface area contributed by atoms with Gasteiger partial charge in [-0.25, -0.2) is 4.79 Å². The van der Waals surface area contributed by atoms with Gasteiger partial charge in [0.2, 0.25) is 0 Å². The van der Waals surface area contributed by atoms with Crippen molar-refractivity contribution < 1.29 is 4.79 Å². The van der Waals surface area contributed by atoms with Crippen LogP contribution >= 0.6 is 11.6 Å². The first-order valence-electron chi connectivity index (χ1n) is 10.7. The van der Waals surface area contributed by atoms with Crippen LogP contribution in [-0.4, -0.2) is 52.5 Å². The third-order valence-electron chi connectivity index (χ3n) is 5.98. The average Bonchev–Trinajstić information content (AvgIpc) is 2.82. The number of piperazine rings is 1. The third kappa shape index (κ3) is 4.86. The second-order valence-corrected chi connectivity index (χ2v) is 8.58. The van der Waals surface area contributed by atoms with Crippen molar-refractivity contribution in [2.24, 2.45) is 7.05 Å². The molecule has 3 aromatic rings. The molecular weight excluding hydrogens is 442 g/mol. The van der Waals surface area contributed by atoms with Gasteiger partial charge in [-0.05, 0) is 29.8 Å². The number of carbonyl (C=O) groups excluding carboxylic acids is 1. The predicted octanol–water partition coefficient (Wildman–Crippen LogP) is 1.84. The summed E-state index contributed by atoms with van der Waals surface area (Å²) in [6.07, 6.45) is 0. The average molecular weight is 468 g/mol. The van der Waals surface area contributed by atoms with Gasteiger partial charge < -0.3 is 10.6 Å². The summed E-state index contributed by atoms with van der Waals surface area (Å²) >= 11 is 5.97. The number of carbonyl (C=O) groups is 1. The van der Waals surface area contributed by atoms with Gasteiger partial charge in [0, 0.05) is 43.9 Å². The SMILES string of the molecule is Cn1c(=O)c(C(=O)CN2CCN(c3ccc(Cl)cc3)CC2)c(N)n(Cc2ccccc2)c1=O. The molecule has 172 valence electrons. The molecule has 1 aromatic heterocycles. The Balaban J connectivity index is 1.51. The van der Waals surface area contributed by atoms with Gasteiger partial charge in [0.1, 0.15) is 11.4 Å². The summed E-state index contributed by atoms with van der Waals surface area (Å²) in [5.41, 5.74) is 6.80. The molecule has 1 fully saturated rings. The van der Waals surface area contributed by atoms with E-state index < -0.39 is 11.2 Å². The van der Waals surface area contributed by atoms with Crippen molar-refractivity contribution in [3.63, 3.8) is 0 Å². The van der Waals surface area contributed by atoms with Crippen molar-refractivity contribution in [3.05, 3.63) is 91.6 Å². The van der Waals surface area contributed by atoms with E-state index in [0.29, 0.717) is 18.1 Å². The second-order valence-electron chi connectivity index (χ2n) is 8.14. The Morgan fingerprint density at radius 3 is 2.24 bits per heavy atom. The minimum Gasteiger partial charge on any atom is -0.384 e. The number of hydrogen-bond donors (Lipinski definition) is 1. The van der Waals surface area contributed by atoms with E-state index in [1.165, 1.54) is 11.6 Å². The number of hydrogen-bond acceptors (Lipinski definition) is 6. The molecule has 0 radical (unpaired) electrons. The molecule has 33 heavy (non-hydrogen) atoms. The molecule has 0 unspecified atom stereocenters. The van der Waals surface area contributed by atoms with Gasteiger partial charge >= 0.3 is 5.69 Å². The number of ketones is 1. The van der Waals surface area contributed by atoms with Gasteiger partial charge in [-0.2, -0.15) is 0 Å². The highest BCUT2D eigenvalue weighted by molar-refractivity contribution is 6.30. The third-order valence-corrected chi connectivity index (χ3v) is 6.23. The van der Waals surface area contributed by atoms with Crippen LogP contribution in [0.25, 0.3) is 0 Å². The van der Waals surface area contributed by atoms with E-state index in [0.717, 1.165) is 28.9 Å². The lowest BCUT2D eigenvalue weighted by Crippen LogP contribution is -2.49. The van der Waals surface area contributed by atoms with Crippen molar-refractivity contribution in [3.8, 4) is 0 Å². The van der Waals surface area contributed by atoms with Crippen LogP contribution in [0.1, 0.15) is 15.9 Å². The van der Waals surface area contributed by atoms with Crippen LogP contribution in [0.4, 0.5) is 11.5 Å². The fourth-order valence-electron chi connectivity index (χ4n) is 4.06. The van der Waals surface area contributed by atoms with Crippen molar-refractivity contribution in [1.82, 2.24) is 14.0 Å². The van der Waals surface area contributed by atoms with Crippen LogP contribution in [-0.2, 0) is 13.6 Å². The molecule has 1 saturated heterocycles. The lowest BCUT2D eigenvalue weighted by Gasteiger charge is -2.35. The highest BCUT2D eigenvalue weighted by atomic mass is 35.5. The van der Waals surface area contributed by atoms with Gasteiger partial charge in [0.05, 0.1) is 13.1 Å². The van der Waals surface area contributed by atoms with E-state index in [-0.39, 0.29) is 30.3 Å². The molecule has 0 spiro atoms. The Morgan fingerprint density at radius 2 is 1.61 bits per heavy atom. The van der Waals surface area contributed by atoms with Gasteiger partial charge in [-0.3, -0.25) is 23.6 Å². The van der Waals surface area contributed by atoms with Gasteiger partial charge in [-0.1, -0.05) is 41.9 Å². The van der Waals surface area contributed by atoms with Crippen molar-refractivity contribution in [2.45, 2.75) is 6.54 Å². The number of aromatic nitrogens is 2. The maximum atomic E-state index is 13.1. The zero-order chi connectivity index (χ0) is 23.5. The molecule has 0 amide bonds. The number of anilines is 2. The minimum absolute atomic E-state index is 0.0669. The summed E-state index contributed by atoms with van der Waals surface area (Å²) in [6, 6.07) is 17.0. The Bertz CT molecular complexity index is 1260. The predicted molar refractivity (Wildman–Crippen MR) is 130 cm³/mol. The van der Waals surface area contributed by atoms with Crippen LogP contribution in [0, 0.1) is 0 Å². The first kappa shape index (κ1) is 22.8. The smallest absolute Gasteiger partial charge is 0.332 e. The lowest BCUT2D eigenvalue weighted by molar-refractivity contribution is 0.0924. The molecule has 9 heteroatoms. The molecule has 0 atom stereocenters. The molecular formula is C24H26ClN5O3. The van der Waals surface area contributed by atoms with Gasteiger partial charge in [0.25, 0.3) is 5.56 Å². The Morgan fingerprint density at radius 1 is 0.970 bits per heavy atom. The topological polar surface area (TPSA) is 93.6 Å². The van der Waals surface area contributed by atoms with Gasteiger partial charge in [-0.15, -0.1) is 0 Å². The molecule has 4 rings (SSSR count). The van der Waals surface area contributed by atoms with Crippen LogP contribution in [0.5, 0.6) is 0 Å². The maximum absolute atomic E-state index is 13.1. The number of nitrogens with two attached hydrogens (primary N) is 1. The molecule has 2 aromatic carbocycles. The number of benzene rings is 2. The van der Waals surface area contributed by atoms with E-state index in [4.69, 9.17) is 17.3 Å². The number of halogens is 1. The molecule has 0 saturated carbocycles. The standard InChI is InChI=1S/C24H26ClN5O3/c1-27-23(32)21(22(26)30(24(27)33)15-17-5-3-2-4-6-17)20(31)16-28-11-13-29(14-12-28)19-9-7-18(25)8-10-19/h2-10H,11-16,26H2,1H3. The largest absolute Gasteiger partial charge is 0.384 e. The number of Topliss-reactive ketones (excluding diaryl/α,β-unsaturated/α-hetero) is 1. The summed E-state index contributed by atoms with van der Waals surface area (Å²) in [6.45, 7) is 3.07. The quantitative estimate of drug-likeness (QED) is 0.556. The second kappa shape index (κ2) is 9.64. The zero-order valence-electron chi connectivity index (χ0n) is 18.4. The van der Waals surface area contributed by atoms with Crippen molar-refractivity contribution >= 4 is 28.9 Å². The Hall–Kier alpha value is -3.36. The first-order chi connectivity index (χ1) is 15.8. The molecule has 8 nitrogen and oxygen atoms in total. The Labute approximate surface area is 196 Å². The van der Waals surface area contributed by atoms with E-state index >= 15 is 0 Å². The molecule has 1 aliphatic heterocycles. The summed E-state index contributed by atoms with van der Waals surface area (Å²) in [7, 11) is 1.37. The maximum Gasteiger partial charge on any atom is 0.332 e. The molecule has 0 aliphatic carbocycles. The van der Waals surface area contributed by atoms with Crippen LogP contribution in [0.15, 0.2) is 64.2 Å². The summed E-state index contributed by atoms with van der Waals surface area (Å²) < 4.78 is 2.23. The fourth-order valence-corrected chi connectivity index (χ4v) is 4.19. The Kier molecular flexibility index (Phi) is 6.67. The van der Waals surface area contributed by atoms with Gasteiger partial charge in [0.15, 0.2) is 5.78 Å². The lowest BCUT2D eigenvalue weighted by atomic mass is 10.1. The summed E-state index contributed by atoms with van der Waals surface area (Å²) in [5, 5.41) is 0.691. The highest BCUT2D eigenvalue weighted by Gasteiger charge is 2.25. The summed E-state index contributed by atoms with van der Waals surface area (Å²) in [5.74, 6) is -0.466. The molecule has 2 N–H and O–H groups in total. The number of nitrogens with zero attached hydrogens (tertiary/aromatic N) is 4. The molecule has 2 heterocycles. The van der Waals surface area contributed by atoms with E-state index in [1.54, 1.807) is 0 Å².